The third-order valence-corrected chi connectivity index (χ3v) is 5.98. The third-order valence-electron chi connectivity index (χ3n) is 4.44. The zero-order valence-electron chi connectivity index (χ0n) is 16.0. The number of esters is 1. The molecule has 0 heterocycles. The van der Waals surface area contributed by atoms with Crippen LogP contribution in [0.15, 0.2) is 59.5 Å². The van der Waals surface area contributed by atoms with Crippen molar-refractivity contribution in [3.63, 3.8) is 0 Å². The molecule has 1 fully saturated rings. The van der Waals surface area contributed by atoms with Crippen molar-refractivity contribution < 1.29 is 22.7 Å². The van der Waals surface area contributed by atoms with Crippen molar-refractivity contribution in [2.75, 3.05) is 13.2 Å². The molecule has 2 N–H and O–H groups in total. The van der Waals surface area contributed by atoms with Crippen molar-refractivity contribution in [2.24, 2.45) is 0 Å². The molecule has 0 radical (unpaired) electrons. The number of sulfonamides is 1. The van der Waals surface area contributed by atoms with Gasteiger partial charge in [0.1, 0.15) is 0 Å². The average molecular weight is 416 g/mol. The van der Waals surface area contributed by atoms with E-state index in [1.807, 2.05) is 30.3 Å². The molecule has 29 heavy (non-hydrogen) atoms. The van der Waals surface area contributed by atoms with Crippen LogP contribution in [0.5, 0.6) is 0 Å². The van der Waals surface area contributed by atoms with Gasteiger partial charge in [0.2, 0.25) is 10.0 Å². The lowest BCUT2D eigenvalue weighted by Crippen LogP contribution is -2.29. The van der Waals surface area contributed by atoms with E-state index in [-0.39, 0.29) is 29.0 Å². The van der Waals surface area contributed by atoms with Crippen LogP contribution in [0.3, 0.4) is 0 Å². The summed E-state index contributed by atoms with van der Waals surface area (Å²) in [4.78, 5) is 23.9. The van der Waals surface area contributed by atoms with Gasteiger partial charge in [0.15, 0.2) is 6.61 Å². The number of benzene rings is 2. The molecule has 3 rings (SSSR count). The molecule has 1 aliphatic rings. The van der Waals surface area contributed by atoms with E-state index < -0.39 is 16.0 Å². The molecule has 1 amide bonds. The number of carbonyl (C=O) groups excluding carboxylic acids is 2. The van der Waals surface area contributed by atoms with Crippen molar-refractivity contribution in [3.05, 3.63) is 65.7 Å². The zero-order valence-corrected chi connectivity index (χ0v) is 16.8. The maximum Gasteiger partial charge on any atom is 0.338 e. The Morgan fingerprint density at radius 2 is 1.69 bits per heavy atom. The lowest BCUT2D eigenvalue weighted by molar-refractivity contribution is -0.124. The first-order chi connectivity index (χ1) is 13.9. The quantitative estimate of drug-likeness (QED) is 0.456. The molecule has 1 saturated carbocycles. The van der Waals surface area contributed by atoms with Gasteiger partial charge in [0.25, 0.3) is 5.91 Å². The predicted molar refractivity (Wildman–Crippen MR) is 108 cm³/mol. The normalized spacial score (nSPS) is 13.7. The molecule has 0 atom stereocenters. The lowest BCUT2D eigenvalue weighted by atomic mass is 10.1. The smallest absolute Gasteiger partial charge is 0.338 e. The van der Waals surface area contributed by atoms with Gasteiger partial charge in [-0.3, -0.25) is 4.79 Å². The van der Waals surface area contributed by atoms with E-state index in [9.17, 15) is 18.0 Å². The number of amides is 1. The van der Waals surface area contributed by atoms with Crippen LogP contribution in [0.4, 0.5) is 0 Å². The van der Waals surface area contributed by atoms with Gasteiger partial charge in [0.05, 0.1) is 10.5 Å². The Bertz CT molecular complexity index is 939. The minimum absolute atomic E-state index is 0.0100. The second kappa shape index (κ2) is 9.67. The van der Waals surface area contributed by atoms with Crippen LogP contribution in [0.2, 0.25) is 0 Å². The van der Waals surface area contributed by atoms with Crippen molar-refractivity contribution in [3.8, 4) is 0 Å². The molecule has 0 spiro atoms. The summed E-state index contributed by atoms with van der Waals surface area (Å²) in [6, 6.07) is 15.4. The predicted octanol–water partition coefficient (Wildman–Crippen LogP) is 2.03. The van der Waals surface area contributed by atoms with E-state index in [0.29, 0.717) is 6.54 Å². The molecule has 0 unspecified atom stereocenters. The van der Waals surface area contributed by atoms with Gasteiger partial charge in [0, 0.05) is 12.6 Å². The number of nitrogens with one attached hydrogen (secondary N) is 2. The maximum absolute atomic E-state index is 12.1. The monoisotopic (exact) mass is 416 g/mol. The van der Waals surface area contributed by atoms with Crippen LogP contribution in [-0.2, 0) is 26.0 Å². The molecule has 2 aromatic rings. The average Bonchev–Trinajstić information content (AvgIpc) is 3.53. The van der Waals surface area contributed by atoms with Crippen LogP contribution < -0.4 is 10.0 Å². The Kier molecular flexibility index (Phi) is 7.00. The van der Waals surface area contributed by atoms with E-state index in [0.717, 1.165) is 25.7 Å². The minimum atomic E-state index is -3.56. The van der Waals surface area contributed by atoms with Gasteiger partial charge in [-0.25, -0.2) is 17.9 Å². The maximum atomic E-state index is 12.1. The number of hydrogen-bond donors (Lipinski definition) is 2. The fraction of sp³-hybridized carbons (Fsp3) is 0.333. The van der Waals surface area contributed by atoms with Crippen molar-refractivity contribution in [2.45, 2.75) is 36.6 Å². The van der Waals surface area contributed by atoms with Gasteiger partial charge in [-0.05, 0) is 55.5 Å². The standard InChI is InChI=1S/C21H24N2O5S/c24-20(22-14-4-7-16-5-2-1-3-6-16)15-28-21(25)17-8-12-19(13-9-17)29(26,27)23-18-10-11-18/h1-3,5-6,8-9,12-13,18,23H,4,7,10-11,14-15H2,(H,22,24). The Morgan fingerprint density at radius 3 is 2.34 bits per heavy atom. The minimum Gasteiger partial charge on any atom is -0.452 e. The molecule has 0 bridgehead atoms. The SMILES string of the molecule is O=C(COC(=O)c1ccc(S(=O)(=O)NC2CC2)cc1)NCCCc1ccccc1. The number of carbonyl (C=O) groups is 2. The Balaban J connectivity index is 1.38. The molecule has 7 nitrogen and oxygen atoms in total. The highest BCUT2D eigenvalue weighted by atomic mass is 32.2. The molecule has 0 aliphatic heterocycles. The summed E-state index contributed by atoms with van der Waals surface area (Å²) in [5.74, 6) is -1.05. The fourth-order valence-electron chi connectivity index (χ4n) is 2.69. The molecule has 154 valence electrons. The second-order valence-corrected chi connectivity index (χ2v) is 8.65. The molecule has 0 aromatic heterocycles. The number of aryl methyl sites for hydroxylation is 1. The first-order valence-corrected chi connectivity index (χ1v) is 11.0. The second-order valence-electron chi connectivity index (χ2n) is 6.94. The molecular weight excluding hydrogens is 392 g/mol. The Labute approximate surface area is 170 Å². The summed E-state index contributed by atoms with van der Waals surface area (Å²) in [5, 5.41) is 2.71. The van der Waals surface area contributed by atoms with E-state index in [2.05, 4.69) is 10.0 Å². The van der Waals surface area contributed by atoms with Gasteiger partial charge < -0.3 is 10.1 Å². The van der Waals surface area contributed by atoms with Gasteiger partial charge in [-0.1, -0.05) is 30.3 Å². The highest BCUT2D eigenvalue weighted by Crippen LogP contribution is 2.22. The third kappa shape index (κ3) is 6.69. The van der Waals surface area contributed by atoms with Crippen LogP contribution >= 0.6 is 0 Å². The summed E-state index contributed by atoms with van der Waals surface area (Å²) in [7, 11) is -3.56. The first kappa shape index (κ1) is 21.0. The largest absolute Gasteiger partial charge is 0.452 e. The lowest BCUT2D eigenvalue weighted by Gasteiger charge is -2.08. The molecule has 2 aromatic carbocycles. The van der Waals surface area contributed by atoms with Crippen LogP contribution in [0.1, 0.15) is 35.2 Å². The molecule has 1 aliphatic carbocycles. The van der Waals surface area contributed by atoms with E-state index in [1.165, 1.54) is 29.8 Å². The van der Waals surface area contributed by atoms with Gasteiger partial charge in [-0.2, -0.15) is 0 Å². The van der Waals surface area contributed by atoms with Crippen LogP contribution in [-0.4, -0.2) is 39.5 Å². The van der Waals surface area contributed by atoms with Crippen molar-refractivity contribution in [1.82, 2.24) is 10.0 Å². The van der Waals surface area contributed by atoms with E-state index in [4.69, 9.17) is 4.74 Å². The topological polar surface area (TPSA) is 102 Å². The Hall–Kier alpha value is -2.71. The van der Waals surface area contributed by atoms with Gasteiger partial charge >= 0.3 is 5.97 Å². The van der Waals surface area contributed by atoms with Crippen LogP contribution in [0, 0.1) is 0 Å². The van der Waals surface area contributed by atoms with Crippen molar-refractivity contribution >= 4 is 21.9 Å². The van der Waals surface area contributed by atoms with Crippen molar-refractivity contribution in [1.29, 1.82) is 0 Å². The molecule has 0 saturated heterocycles. The molecular formula is C21H24N2O5S. The highest BCUT2D eigenvalue weighted by molar-refractivity contribution is 7.89. The highest BCUT2D eigenvalue weighted by Gasteiger charge is 2.28. The number of hydrogen-bond acceptors (Lipinski definition) is 5. The first-order valence-electron chi connectivity index (χ1n) is 9.54. The summed E-state index contributed by atoms with van der Waals surface area (Å²) in [5.41, 5.74) is 1.39. The van der Waals surface area contributed by atoms with Gasteiger partial charge in [-0.15, -0.1) is 0 Å². The Morgan fingerprint density at radius 1 is 1.00 bits per heavy atom. The zero-order chi connectivity index (χ0) is 20.7. The summed E-state index contributed by atoms with van der Waals surface area (Å²) in [6.45, 7) is 0.110. The van der Waals surface area contributed by atoms with Crippen LogP contribution in [0.25, 0.3) is 0 Å². The fourth-order valence-corrected chi connectivity index (χ4v) is 3.99. The van der Waals surface area contributed by atoms with E-state index in [1.54, 1.807) is 0 Å². The summed E-state index contributed by atoms with van der Waals surface area (Å²) < 4.78 is 31.8. The number of rotatable bonds is 10. The summed E-state index contributed by atoms with van der Waals surface area (Å²) in [6.07, 6.45) is 3.33. The number of ether oxygens (including phenoxy) is 1. The molecule has 8 heteroatoms. The van der Waals surface area contributed by atoms with E-state index >= 15 is 0 Å². The summed E-state index contributed by atoms with van der Waals surface area (Å²) >= 11 is 0.